The van der Waals surface area contributed by atoms with E-state index in [9.17, 15) is 9.59 Å². The zero-order valence-electron chi connectivity index (χ0n) is 13.6. The van der Waals surface area contributed by atoms with Crippen LogP contribution >= 0.6 is 11.8 Å². The lowest BCUT2D eigenvalue weighted by atomic mass is 10.1. The highest BCUT2D eigenvalue weighted by Gasteiger charge is 2.17. The molecule has 3 amide bonds. The number of aromatic amines is 1. The quantitative estimate of drug-likeness (QED) is 0.629. The molecule has 2 aromatic heterocycles. The molecule has 0 aliphatic carbocycles. The molecule has 0 spiro atoms. The number of nitrogens with one attached hydrogen (secondary N) is 3. The van der Waals surface area contributed by atoms with Crippen LogP contribution < -0.4 is 10.6 Å². The summed E-state index contributed by atoms with van der Waals surface area (Å²) in [5, 5.41) is 12.6. The highest BCUT2D eigenvalue weighted by atomic mass is 32.2. The predicted octanol–water partition coefficient (Wildman–Crippen LogP) is 1.93. The van der Waals surface area contributed by atoms with Gasteiger partial charge in [-0.1, -0.05) is 23.9 Å². The van der Waals surface area contributed by atoms with Gasteiger partial charge in [0, 0.05) is 5.54 Å². The smallest absolute Gasteiger partial charge is 0.321 e. The Hall–Kier alpha value is -2.55. The third kappa shape index (κ3) is 3.51. The SMILES string of the molecule is CC(C)(C)NC(=O)NC(=O)CSc1n[nH]c2nc3ccccc3n12. The van der Waals surface area contributed by atoms with E-state index in [1.807, 2.05) is 49.4 Å². The molecule has 0 atom stereocenters. The molecule has 0 radical (unpaired) electrons. The number of hydrogen-bond donors (Lipinski definition) is 3. The summed E-state index contributed by atoms with van der Waals surface area (Å²) in [6, 6.07) is 7.17. The number of aromatic nitrogens is 4. The van der Waals surface area contributed by atoms with Gasteiger partial charge in [-0.05, 0) is 32.9 Å². The van der Waals surface area contributed by atoms with Gasteiger partial charge in [-0.25, -0.2) is 14.9 Å². The Balaban J connectivity index is 1.68. The Morgan fingerprint density at radius 3 is 2.79 bits per heavy atom. The number of carbonyl (C=O) groups is 2. The van der Waals surface area contributed by atoms with E-state index in [0.29, 0.717) is 10.9 Å². The monoisotopic (exact) mass is 346 g/mol. The number of imidazole rings is 1. The van der Waals surface area contributed by atoms with Crippen LogP contribution in [0.2, 0.25) is 0 Å². The predicted molar refractivity (Wildman–Crippen MR) is 92.0 cm³/mol. The highest BCUT2D eigenvalue weighted by Crippen LogP contribution is 2.22. The first-order valence-corrected chi connectivity index (χ1v) is 8.38. The minimum absolute atomic E-state index is 0.0734. The van der Waals surface area contributed by atoms with Crippen LogP contribution in [0.15, 0.2) is 29.4 Å². The number of benzene rings is 1. The maximum atomic E-state index is 11.9. The normalized spacial score (nSPS) is 11.8. The first-order chi connectivity index (χ1) is 11.3. The molecule has 3 N–H and O–H groups in total. The number of para-hydroxylation sites is 2. The van der Waals surface area contributed by atoms with Gasteiger partial charge in [0.25, 0.3) is 0 Å². The molecule has 24 heavy (non-hydrogen) atoms. The molecule has 0 aliphatic rings. The zero-order chi connectivity index (χ0) is 17.3. The molecule has 0 aliphatic heterocycles. The van der Waals surface area contributed by atoms with Crippen LogP contribution in [0.4, 0.5) is 4.79 Å². The fourth-order valence-electron chi connectivity index (χ4n) is 2.20. The van der Waals surface area contributed by atoms with Crippen molar-refractivity contribution in [3.05, 3.63) is 24.3 Å². The lowest BCUT2D eigenvalue weighted by molar-refractivity contribution is -0.117. The zero-order valence-corrected chi connectivity index (χ0v) is 14.4. The molecule has 3 rings (SSSR count). The van der Waals surface area contributed by atoms with Crippen molar-refractivity contribution in [1.29, 1.82) is 0 Å². The lowest BCUT2D eigenvalue weighted by Crippen LogP contribution is -2.48. The summed E-state index contributed by atoms with van der Waals surface area (Å²) in [6.45, 7) is 5.53. The number of thioether (sulfide) groups is 1. The average Bonchev–Trinajstić information content (AvgIpc) is 3.01. The van der Waals surface area contributed by atoms with Crippen molar-refractivity contribution in [2.45, 2.75) is 31.5 Å². The molecular weight excluding hydrogens is 328 g/mol. The van der Waals surface area contributed by atoms with Gasteiger partial charge in [0.15, 0.2) is 5.16 Å². The number of hydrogen-bond acceptors (Lipinski definition) is 5. The minimum atomic E-state index is -0.506. The van der Waals surface area contributed by atoms with Crippen molar-refractivity contribution < 1.29 is 9.59 Å². The molecule has 8 nitrogen and oxygen atoms in total. The van der Waals surface area contributed by atoms with Gasteiger partial charge in [-0.3, -0.25) is 14.5 Å². The Bertz CT molecular complexity index is 908. The van der Waals surface area contributed by atoms with Crippen LogP contribution in [0.1, 0.15) is 20.8 Å². The van der Waals surface area contributed by atoms with Crippen molar-refractivity contribution in [2.75, 3.05) is 5.75 Å². The van der Waals surface area contributed by atoms with E-state index in [0.717, 1.165) is 11.0 Å². The fourth-order valence-corrected chi connectivity index (χ4v) is 2.96. The van der Waals surface area contributed by atoms with Crippen molar-refractivity contribution >= 4 is 40.5 Å². The number of urea groups is 1. The van der Waals surface area contributed by atoms with Gasteiger partial charge in [-0.2, -0.15) is 0 Å². The van der Waals surface area contributed by atoms with Crippen LogP contribution in [-0.2, 0) is 4.79 Å². The van der Waals surface area contributed by atoms with E-state index in [4.69, 9.17) is 0 Å². The van der Waals surface area contributed by atoms with Gasteiger partial charge in [0.1, 0.15) is 0 Å². The molecule has 2 heterocycles. The van der Waals surface area contributed by atoms with Crippen molar-refractivity contribution in [1.82, 2.24) is 30.2 Å². The van der Waals surface area contributed by atoms with E-state index in [2.05, 4.69) is 25.8 Å². The number of nitrogens with zero attached hydrogens (tertiary/aromatic N) is 3. The van der Waals surface area contributed by atoms with E-state index in [1.54, 1.807) is 0 Å². The Kier molecular flexibility index (Phi) is 4.18. The number of fused-ring (bicyclic) bond motifs is 3. The van der Waals surface area contributed by atoms with Crippen LogP contribution in [0, 0.1) is 0 Å². The summed E-state index contributed by atoms with van der Waals surface area (Å²) in [7, 11) is 0. The summed E-state index contributed by atoms with van der Waals surface area (Å²) in [4.78, 5) is 28.0. The van der Waals surface area contributed by atoms with E-state index >= 15 is 0 Å². The summed E-state index contributed by atoms with van der Waals surface area (Å²) in [5.41, 5.74) is 1.36. The summed E-state index contributed by atoms with van der Waals surface area (Å²) in [6.07, 6.45) is 0. The van der Waals surface area contributed by atoms with Gasteiger partial charge in [0.05, 0.1) is 16.8 Å². The summed E-state index contributed by atoms with van der Waals surface area (Å²) < 4.78 is 1.85. The fraction of sp³-hybridized carbons (Fsp3) is 0.333. The molecule has 0 unspecified atom stereocenters. The van der Waals surface area contributed by atoms with Crippen molar-refractivity contribution in [2.24, 2.45) is 0 Å². The van der Waals surface area contributed by atoms with Crippen LogP contribution in [-0.4, -0.2) is 42.8 Å². The number of amides is 3. The second-order valence-electron chi connectivity index (χ2n) is 6.31. The van der Waals surface area contributed by atoms with Crippen LogP contribution in [0.3, 0.4) is 0 Å². The van der Waals surface area contributed by atoms with Crippen molar-refractivity contribution in [3.63, 3.8) is 0 Å². The van der Waals surface area contributed by atoms with Gasteiger partial charge >= 0.3 is 6.03 Å². The largest absolute Gasteiger partial charge is 0.333 e. The third-order valence-electron chi connectivity index (χ3n) is 3.08. The number of carbonyl (C=O) groups excluding carboxylic acids is 2. The second-order valence-corrected chi connectivity index (χ2v) is 7.25. The van der Waals surface area contributed by atoms with Gasteiger partial charge < -0.3 is 5.32 Å². The Morgan fingerprint density at radius 2 is 2.04 bits per heavy atom. The molecule has 0 saturated carbocycles. The standard InChI is InChI=1S/C15H18N6O2S/c1-15(2,3)18-13(23)17-11(22)8-24-14-20-19-12-16-9-6-4-5-7-10(9)21(12)14/h4-7H,8H2,1-3H3,(H,16,19)(H2,17,18,22,23). The molecule has 0 saturated heterocycles. The second kappa shape index (κ2) is 6.16. The number of imide groups is 1. The van der Waals surface area contributed by atoms with Gasteiger partial charge in [0.2, 0.25) is 11.7 Å². The first kappa shape index (κ1) is 16.3. The lowest BCUT2D eigenvalue weighted by Gasteiger charge is -2.20. The van der Waals surface area contributed by atoms with E-state index in [1.165, 1.54) is 11.8 Å². The topological polar surface area (TPSA) is 104 Å². The maximum absolute atomic E-state index is 11.9. The molecular formula is C15H18N6O2S. The molecule has 1 aromatic carbocycles. The summed E-state index contributed by atoms with van der Waals surface area (Å²) >= 11 is 1.23. The van der Waals surface area contributed by atoms with Crippen molar-refractivity contribution in [3.8, 4) is 0 Å². The summed E-state index contributed by atoms with van der Waals surface area (Å²) in [5.74, 6) is 0.302. The van der Waals surface area contributed by atoms with E-state index in [-0.39, 0.29) is 11.7 Å². The molecule has 126 valence electrons. The Labute approximate surface area is 142 Å². The first-order valence-electron chi connectivity index (χ1n) is 7.40. The number of rotatable bonds is 3. The molecule has 3 aromatic rings. The van der Waals surface area contributed by atoms with Gasteiger partial charge in [-0.15, -0.1) is 5.10 Å². The third-order valence-corrected chi connectivity index (χ3v) is 4.02. The molecule has 0 fully saturated rings. The van der Waals surface area contributed by atoms with E-state index < -0.39 is 11.6 Å². The van der Waals surface area contributed by atoms with Crippen LogP contribution in [0.5, 0.6) is 0 Å². The number of H-pyrrole nitrogens is 1. The molecule has 0 bridgehead atoms. The average molecular weight is 346 g/mol. The Morgan fingerprint density at radius 1 is 1.29 bits per heavy atom. The minimum Gasteiger partial charge on any atom is -0.333 e. The maximum Gasteiger partial charge on any atom is 0.321 e. The highest BCUT2D eigenvalue weighted by molar-refractivity contribution is 7.99. The van der Waals surface area contributed by atoms with Crippen LogP contribution in [0.25, 0.3) is 16.8 Å². The molecule has 9 heteroatoms.